The molecule has 0 aliphatic heterocycles. The summed E-state index contributed by atoms with van der Waals surface area (Å²) in [6, 6.07) is 1.15. The van der Waals surface area contributed by atoms with Gasteiger partial charge < -0.3 is 10.6 Å². The van der Waals surface area contributed by atoms with E-state index in [1.807, 2.05) is 20.9 Å². The predicted octanol–water partition coefficient (Wildman–Crippen LogP) is 0.921. The molecule has 118 valence electrons. The number of rotatable bonds is 5. The molecule has 7 heteroatoms. The Labute approximate surface area is 129 Å². The van der Waals surface area contributed by atoms with Crippen molar-refractivity contribution in [3.05, 3.63) is 23.5 Å². The summed E-state index contributed by atoms with van der Waals surface area (Å²) in [6.07, 6.45) is 2.35. The molecule has 2 rings (SSSR count). The summed E-state index contributed by atoms with van der Waals surface area (Å²) < 4.78 is 1.67. The van der Waals surface area contributed by atoms with Crippen LogP contribution in [0.15, 0.2) is 12.3 Å². The number of fused-ring (bicyclic) bond motifs is 1. The summed E-state index contributed by atoms with van der Waals surface area (Å²) in [7, 11) is 1.81. The van der Waals surface area contributed by atoms with Crippen molar-refractivity contribution in [2.24, 2.45) is 7.05 Å². The molecule has 2 heterocycles. The third kappa shape index (κ3) is 3.24. The molecule has 2 N–H and O–H groups in total. The van der Waals surface area contributed by atoms with Crippen LogP contribution in [0.1, 0.15) is 36.3 Å². The first-order valence-corrected chi connectivity index (χ1v) is 7.32. The zero-order valence-corrected chi connectivity index (χ0v) is 13.3. The number of nitrogens with one attached hydrogen (secondary N) is 2. The Kier molecular flexibility index (Phi) is 4.75. The lowest BCUT2D eigenvalue weighted by Crippen LogP contribution is -2.45. The van der Waals surface area contributed by atoms with Gasteiger partial charge in [-0.25, -0.2) is 4.98 Å². The Morgan fingerprint density at radius 2 is 2.14 bits per heavy atom. The van der Waals surface area contributed by atoms with Crippen molar-refractivity contribution in [2.45, 2.75) is 33.2 Å². The zero-order valence-electron chi connectivity index (χ0n) is 13.3. The van der Waals surface area contributed by atoms with Crippen LogP contribution in [0, 0.1) is 6.92 Å². The fraction of sp³-hybridized carbons (Fsp3) is 0.467. The van der Waals surface area contributed by atoms with Crippen molar-refractivity contribution < 1.29 is 9.59 Å². The van der Waals surface area contributed by atoms with Gasteiger partial charge in [0.15, 0.2) is 5.65 Å². The molecule has 0 saturated heterocycles. The molecule has 1 unspecified atom stereocenters. The van der Waals surface area contributed by atoms with Crippen molar-refractivity contribution >= 4 is 22.8 Å². The summed E-state index contributed by atoms with van der Waals surface area (Å²) >= 11 is 0. The van der Waals surface area contributed by atoms with Gasteiger partial charge in [0, 0.05) is 25.2 Å². The van der Waals surface area contributed by atoms with E-state index in [-0.39, 0.29) is 11.8 Å². The fourth-order valence-corrected chi connectivity index (χ4v) is 2.18. The van der Waals surface area contributed by atoms with Gasteiger partial charge in [-0.3, -0.25) is 14.3 Å². The maximum atomic E-state index is 12.2. The highest BCUT2D eigenvalue weighted by atomic mass is 16.2. The fourth-order valence-electron chi connectivity index (χ4n) is 2.18. The van der Waals surface area contributed by atoms with Crippen molar-refractivity contribution in [3.8, 4) is 0 Å². The van der Waals surface area contributed by atoms with Gasteiger partial charge in [0.1, 0.15) is 6.04 Å². The Morgan fingerprint density at radius 1 is 1.41 bits per heavy atom. The molecule has 0 bridgehead atoms. The Balaban J connectivity index is 2.12. The monoisotopic (exact) mass is 303 g/mol. The maximum absolute atomic E-state index is 12.2. The summed E-state index contributed by atoms with van der Waals surface area (Å²) in [5.74, 6) is -0.515. The number of amides is 2. The molecule has 2 amide bonds. The largest absolute Gasteiger partial charge is 0.354 e. The molecule has 1 atom stereocenters. The van der Waals surface area contributed by atoms with Gasteiger partial charge in [-0.1, -0.05) is 6.92 Å². The van der Waals surface area contributed by atoms with Crippen molar-refractivity contribution in [1.82, 2.24) is 25.4 Å². The minimum absolute atomic E-state index is 0.193. The number of aromatic nitrogens is 3. The van der Waals surface area contributed by atoms with Crippen LogP contribution in [0.3, 0.4) is 0 Å². The van der Waals surface area contributed by atoms with Crippen LogP contribution in [0.4, 0.5) is 0 Å². The van der Waals surface area contributed by atoms with Crippen molar-refractivity contribution in [3.63, 3.8) is 0 Å². The van der Waals surface area contributed by atoms with E-state index in [0.717, 1.165) is 23.1 Å². The second kappa shape index (κ2) is 6.55. The molecule has 0 spiro atoms. The molecular formula is C15H21N5O2. The molecule has 2 aromatic rings. The number of carbonyl (C=O) groups excluding carboxylic acids is 2. The third-order valence-corrected chi connectivity index (χ3v) is 3.42. The number of aryl methyl sites for hydroxylation is 2. The van der Waals surface area contributed by atoms with Crippen LogP contribution in [0.2, 0.25) is 0 Å². The lowest BCUT2D eigenvalue weighted by atomic mass is 10.2. The smallest absolute Gasteiger partial charge is 0.253 e. The quantitative estimate of drug-likeness (QED) is 0.859. The number of carbonyl (C=O) groups is 2. The van der Waals surface area contributed by atoms with Crippen molar-refractivity contribution in [2.75, 3.05) is 6.54 Å². The van der Waals surface area contributed by atoms with Crippen LogP contribution in [0.5, 0.6) is 0 Å². The summed E-state index contributed by atoms with van der Waals surface area (Å²) in [5, 5.41) is 10.5. The molecule has 0 radical (unpaired) electrons. The van der Waals surface area contributed by atoms with Crippen LogP contribution < -0.4 is 10.6 Å². The summed E-state index contributed by atoms with van der Waals surface area (Å²) in [5.41, 5.74) is 1.95. The van der Waals surface area contributed by atoms with Crippen molar-refractivity contribution in [1.29, 1.82) is 0 Å². The van der Waals surface area contributed by atoms with E-state index in [2.05, 4.69) is 20.7 Å². The highest BCUT2D eigenvalue weighted by Crippen LogP contribution is 2.16. The van der Waals surface area contributed by atoms with E-state index in [9.17, 15) is 9.59 Å². The number of pyridine rings is 1. The van der Waals surface area contributed by atoms with Gasteiger partial charge in [0.2, 0.25) is 5.91 Å². The number of nitrogens with zero attached hydrogens (tertiary/aromatic N) is 3. The lowest BCUT2D eigenvalue weighted by molar-refractivity contribution is -0.122. The van der Waals surface area contributed by atoms with Crippen LogP contribution in [-0.4, -0.2) is 39.2 Å². The standard InChI is InChI=1S/C15H21N5O2/c1-5-6-16-14(21)10(3)18-15(22)11-7-12-9(2)19-20(4)13(12)17-8-11/h7-8,10H,5-6H2,1-4H3,(H,16,21)(H,18,22). The second-order valence-corrected chi connectivity index (χ2v) is 5.29. The predicted molar refractivity (Wildman–Crippen MR) is 83.5 cm³/mol. The SMILES string of the molecule is CCCNC(=O)C(C)NC(=O)c1cnc2c(c1)c(C)nn2C. The van der Waals surface area contributed by atoms with E-state index < -0.39 is 6.04 Å². The molecule has 22 heavy (non-hydrogen) atoms. The highest BCUT2D eigenvalue weighted by Gasteiger charge is 2.17. The molecule has 0 aliphatic rings. The maximum Gasteiger partial charge on any atom is 0.253 e. The molecule has 7 nitrogen and oxygen atoms in total. The normalized spacial score (nSPS) is 12.2. The summed E-state index contributed by atoms with van der Waals surface area (Å²) in [4.78, 5) is 28.3. The van der Waals surface area contributed by atoms with E-state index in [1.165, 1.54) is 6.20 Å². The molecule has 0 saturated carbocycles. The molecule has 0 aromatic carbocycles. The van der Waals surface area contributed by atoms with Crippen LogP contribution in [-0.2, 0) is 11.8 Å². The third-order valence-electron chi connectivity index (χ3n) is 3.42. The number of hydrogen-bond acceptors (Lipinski definition) is 4. The molecule has 0 fully saturated rings. The van der Waals surface area contributed by atoms with Gasteiger partial charge in [0.25, 0.3) is 5.91 Å². The first kappa shape index (κ1) is 15.9. The minimum atomic E-state index is -0.593. The Hall–Kier alpha value is -2.44. The van der Waals surface area contributed by atoms with E-state index in [1.54, 1.807) is 17.7 Å². The van der Waals surface area contributed by atoms with Gasteiger partial charge in [0.05, 0.1) is 11.3 Å². The lowest BCUT2D eigenvalue weighted by Gasteiger charge is -2.13. The number of hydrogen-bond donors (Lipinski definition) is 2. The molecule has 2 aromatic heterocycles. The average molecular weight is 303 g/mol. The first-order chi connectivity index (χ1) is 10.4. The minimum Gasteiger partial charge on any atom is -0.354 e. The second-order valence-electron chi connectivity index (χ2n) is 5.29. The topological polar surface area (TPSA) is 88.9 Å². The van der Waals surface area contributed by atoms with E-state index in [4.69, 9.17) is 0 Å². The molecule has 0 aliphatic carbocycles. The first-order valence-electron chi connectivity index (χ1n) is 7.32. The highest BCUT2D eigenvalue weighted by molar-refractivity contribution is 5.99. The van der Waals surface area contributed by atoms with Gasteiger partial charge in [-0.15, -0.1) is 0 Å². The zero-order chi connectivity index (χ0) is 16.3. The Bertz CT molecular complexity index is 707. The molecular weight excluding hydrogens is 282 g/mol. The summed E-state index contributed by atoms with van der Waals surface area (Å²) in [6.45, 7) is 6.10. The van der Waals surface area contributed by atoms with E-state index >= 15 is 0 Å². The van der Waals surface area contributed by atoms with Crippen LogP contribution >= 0.6 is 0 Å². The Morgan fingerprint density at radius 3 is 2.82 bits per heavy atom. The average Bonchev–Trinajstić information content (AvgIpc) is 2.79. The van der Waals surface area contributed by atoms with E-state index in [0.29, 0.717) is 12.1 Å². The van der Waals surface area contributed by atoms with Gasteiger partial charge in [-0.05, 0) is 26.3 Å². The van der Waals surface area contributed by atoms with Crippen LogP contribution in [0.25, 0.3) is 11.0 Å². The van der Waals surface area contributed by atoms with Gasteiger partial charge >= 0.3 is 0 Å². The van der Waals surface area contributed by atoms with Gasteiger partial charge in [-0.2, -0.15) is 5.10 Å².